The minimum Gasteiger partial charge on any atom is -0.481 e. The largest absolute Gasteiger partial charge is 0.481 e. The maximum Gasteiger partial charge on any atom is 0.327 e. The lowest BCUT2D eigenvalue weighted by molar-refractivity contribution is -0.138. The molecule has 0 aromatic carbocycles. The molecule has 6 nitrogen and oxygen atoms in total. The van der Waals surface area contributed by atoms with E-state index in [2.05, 4.69) is 0 Å². The molecule has 0 radical (unpaired) electrons. The minimum absolute atomic E-state index is 0.0549. The van der Waals surface area contributed by atoms with Crippen LogP contribution in [0.25, 0.3) is 0 Å². The van der Waals surface area contributed by atoms with Gasteiger partial charge in [-0.2, -0.15) is 0 Å². The zero-order valence-electron chi connectivity index (χ0n) is 8.77. The highest BCUT2D eigenvalue weighted by Crippen LogP contribution is 2.15. The van der Waals surface area contributed by atoms with E-state index in [1.807, 2.05) is 0 Å². The molecular weight excluding hydrogens is 200 g/mol. The Morgan fingerprint density at radius 1 is 1.53 bits per heavy atom. The SMILES string of the molecule is CCN1CC(=O)N(C(C)CC(=O)O)C1=O. The van der Waals surface area contributed by atoms with Crippen molar-refractivity contribution in [1.29, 1.82) is 0 Å². The van der Waals surface area contributed by atoms with Gasteiger partial charge in [0.25, 0.3) is 5.91 Å². The van der Waals surface area contributed by atoms with Crippen LogP contribution in [0, 0.1) is 0 Å². The Hall–Kier alpha value is -1.59. The van der Waals surface area contributed by atoms with Crippen LogP contribution in [-0.2, 0) is 9.59 Å². The van der Waals surface area contributed by atoms with E-state index in [1.54, 1.807) is 13.8 Å². The molecule has 0 aromatic rings. The summed E-state index contributed by atoms with van der Waals surface area (Å²) in [6, 6.07) is -0.977. The summed E-state index contributed by atoms with van der Waals surface area (Å²) in [7, 11) is 0. The lowest BCUT2D eigenvalue weighted by Crippen LogP contribution is -2.40. The maximum atomic E-state index is 11.6. The molecule has 1 fully saturated rings. The van der Waals surface area contributed by atoms with Gasteiger partial charge in [0.05, 0.1) is 6.42 Å². The number of urea groups is 1. The van der Waals surface area contributed by atoms with Gasteiger partial charge in [0.2, 0.25) is 0 Å². The lowest BCUT2D eigenvalue weighted by atomic mass is 10.2. The average Bonchev–Trinajstić information content (AvgIpc) is 2.40. The third-order valence-corrected chi connectivity index (χ3v) is 2.36. The van der Waals surface area contributed by atoms with Crippen molar-refractivity contribution in [1.82, 2.24) is 9.80 Å². The van der Waals surface area contributed by atoms with E-state index in [0.29, 0.717) is 6.54 Å². The highest BCUT2D eigenvalue weighted by Gasteiger charge is 2.38. The Labute approximate surface area is 87.5 Å². The van der Waals surface area contributed by atoms with Crippen LogP contribution in [0.3, 0.4) is 0 Å². The van der Waals surface area contributed by atoms with Crippen LogP contribution in [0.4, 0.5) is 4.79 Å². The standard InChI is InChI=1S/C9H14N2O4/c1-3-10-5-7(12)11(9(10)15)6(2)4-8(13)14/h6H,3-5H2,1-2H3,(H,13,14). The van der Waals surface area contributed by atoms with Crippen LogP contribution in [0.1, 0.15) is 20.3 Å². The van der Waals surface area contributed by atoms with Crippen molar-refractivity contribution in [3.05, 3.63) is 0 Å². The number of imide groups is 1. The second kappa shape index (κ2) is 4.29. The molecule has 6 heteroatoms. The molecule has 0 bridgehead atoms. The van der Waals surface area contributed by atoms with Crippen LogP contribution < -0.4 is 0 Å². The van der Waals surface area contributed by atoms with Crippen LogP contribution in [0.15, 0.2) is 0 Å². The fourth-order valence-corrected chi connectivity index (χ4v) is 1.59. The Balaban J connectivity index is 2.73. The summed E-state index contributed by atoms with van der Waals surface area (Å²) >= 11 is 0. The quantitative estimate of drug-likeness (QED) is 0.675. The third kappa shape index (κ3) is 2.26. The van der Waals surface area contributed by atoms with E-state index in [-0.39, 0.29) is 18.9 Å². The molecule has 1 aliphatic heterocycles. The average molecular weight is 214 g/mol. The molecular formula is C9H14N2O4. The monoisotopic (exact) mass is 214 g/mol. The van der Waals surface area contributed by atoms with Gasteiger partial charge >= 0.3 is 12.0 Å². The van der Waals surface area contributed by atoms with Crippen molar-refractivity contribution < 1.29 is 19.5 Å². The zero-order valence-corrected chi connectivity index (χ0v) is 8.77. The molecule has 0 saturated carbocycles. The van der Waals surface area contributed by atoms with Gasteiger partial charge in [-0.1, -0.05) is 0 Å². The Kier molecular flexibility index (Phi) is 3.28. The molecule has 3 amide bonds. The van der Waals surface area contributed by atoms with Crippen molar-refractivity contribution in [3.63, 3.8) is 0 Å². The first-order valence-corrected chi connectivity index (χ1v) is 4.80. The zero-order chi connectivity index (χ0) is 11.6. The summed E-state index contributed by atoms with van der Waals surface area (Å²) in [6.45, 7) is 3.85. The summed E-state index contributed by atoms with van der Waals surface area (Å²) in [4.78, 5) is 35.9. The lowest BCUT2D eigenvalue weighted by Gasteiger charge is -2.21. The van der Waals surface area contributed by atoms with Crippen LogP contribution in [0.5, 0.6) is 0 Å². The second-order valence-electron chi connectivity index (χ2n) is 3.51. The summed E-state index contributed by atoms with van der Waals surface area (Å²) in [5.41, 5.74) is 0. The fourth-order valence-electron chi connectivity index (χ4n) is 1.59. The topological polar surface area (TPSA) is 77.9 Å². The van der Waals surface area contributed by atoms with Crippen molar-refractivity contribution in [2.45, 2.75) is 26.3 Å². The molecule has 1 unspecified atom stereocenters. The normalized spacial score (nSPS) is 18.5. The van der Waals surface area contributed by atoms with Gasteiger partial charge in [0.1, 0.15) is 6.54 Å². The number of nitrogens with zero attached hydrogens (tertiary/aromatic N) is 2. The van der Waals surface area contributed by atoms with E-state index in [0.717, 1.165) is 4.90 Å². The maximum absolute atomic E-state index is 11.6. The molecule has 0 aromatic heterocycles. The van der Waals surface area contributed by atoms with E-state index >= 15 is 0 Å². The number of aliphatic carboxylic acids is 1. The number of carbonyl (C=O) groups is 3. The number of carbonyl (C=O) groups excluding carboxylic acids is 2. The van der Waals surface area contributed by atoms with Gasteiger partial charge in [0.15, 0.2) is 0 Å². The predicted molar refractivity (Wildman–Crippen MR) is 51.2 cm³/mol. The fraction of sp³-hybridized carbons (Fsp3) is 0.667. The van der Waals surface area contributed by atoms with Crippen LogP contribution >= 0.6 is 0 Å². The molecule has 1 heterocycles. The number of carboxylic acids is 1. The number of hydrogen-bond acceptors (Lipinski definition) is 3. The molecule has 0 aliphatic carbocycles. The van der Waals surface area contributed by atoms with Gasteiger partial charge in [-0.25, -0.2) is 4.79 Å². The molecule has 0 spiro atoms. The molecule has 1 aliphatic rings. The third-order valence-electron chi connectivity index (χ3n) is 2.36. The summed E-state index contributed by atoms with van der Waals surface area (Å²) in [6.07, 6.45) is -0.213. The number of likely N-dealkylation sites (N-methyl/N-ethyl adjacent to an activating group) is 1. The smallest absolute Gasteiger partial charge is 0.327 e. The number of hydrogen-bond donors (Lipinski definition) is 1. The van der Waals surface area contributed by atoms with Gasteiger partial charge < -0.3 is 10.0 Å². The summed E-state index contributed by atoms with van der Waals surface area (Å²) in [5.74, 6) is -1.34. The van der Waals surface area contributed by atoms with Crippen LogP contribution in [-0.4, -0.2) is 51.9 Å². The first kappa shape index (κ1) is 11.5. The van der Waals surface area contributed by atoms with Gasteiger partial charge in [-0.05, 0) is 13.8 Å². The van der Waals surface area contributed by atoms with Crippen LogP contribution in [0.2, 0.25) is 0 Å². The molecule has 84 valence electrons. The minimum atomic E-state index is -1.02. The summed E-state index contributed by atoms with van der Waals surface area (Å²) in [5, 5.41) is 8.58. The first-order chi connectivity index (χ1) is 6.97. The molecule has 1 rings (SSSR count). The van der Waals surface area contributed by atoms with Crippen molar-refractivity contribution >= 4 is 17.9 Å². The number of amides is 3. The molecule has 1 N–H and O–H groups in total. The summed E-state index contributed by atoms with van der Waals surface area (Å²) < 4.78 is 0. The number of rotatable bonds is 4. The molecule has 1 saturated heterocycles. The van der Waals surface area contributed by atoms with E-state index in [9.17, 15) is 14.4 Å². The Bertz CT molecular complexity index is 302. The Morgan fingerprint density at radius 2 is 2.13 bits per heavy atom. The van der Waals surface area contributed by atoms with E-state index in [4.69, 9.17) is 5.11 Å². The first-order valence-electron chi connectivity index (χ1n) is 4.80. The second-order valence-corrected chi connectivity index (χ2v) is 3.51. The van der Waals surface area contributed by atoms with E-state index < -0.39 is 18.0 Å². The van der Waals surface area contributed by atoms with Crippen molar-refractivity contribution in [2.75, 3.05) is 13.1 Å². The highest BCUT2D eigenvalue weighted by molar-refractivity contribution is 6.02. The highest BCUT2D eigenvalue weighted by atomic mass is 16.4. The van der Waals surface area contributed by atoms with Gasteiger partial charge in [-0.3, -0.25) is 14.5 Å². The number of carboxylic acid groups (broad SMARTS) is 1. The van der Waals surface area contributed by atoms with E-state index in [1.165, 1.54) is 4.90 Å². The molecule has 1 atom stereocenters. The van der Waals surface area contributed by atoms with Crippen molar-refractivity contribution in [2.24, 2.45) is 0 Å². The predicted octanol–water partition coefficient (Wildman–Crippen LogP) is 0.134. The van der Waals surface area contributed by atoms with Crippen molar-refractivity contribution in [3.8, 4) is 0 Å². The Morgan fingerprint density at radius 3 is 2.53 bits per heavy atom. The molecule has 15 heavy (non-hydrogen) atoms. The van der Waals surface area contributed by atoms with Gasteiger partial charge in [-0.15, -0.1) is 0 Å². The van der Waals surface area contributed by atoms with Gasteiger partial charge in [0, 0.05) is 12.6 Å².